The van der Waals surface area contributed by atoms with Gasteiger partial charge in [0.25, 0.3) is 0 Å². The molecule has 0 aliphatic heterocycles. The molecule has 0 saturated carbocycles. The van der Waals surface area contributed by atoms with Crippen LogP contribution in [0.1, 0.15) is 27.4 Å². The lowest BCUT2D eigenvalue weighted by atomic mass is 9.93. The van der Waals surface area contributed by atoms with Crippen LogP contribution in [0.3, 0.4) is 0 Å². The molecule has 0 amide bonds. The topological polar surface area (TPSA) is 69.1 Å². The second kappa shape index (κ2) is 6.36. The van der Waals surface area contributed by atoms with Crippen LogP contribution >= 0.6 is 11.6 Å². The van der Waals surface area contributed by atoms with Crippen LogP contribution in [0.4, 0.5) is 0 Å². The van der Waals surface area contributed by atoms with Crippen LogP contribution in [0.2, 0.25) is 5.02 Å². The van der Waals surface area contributed by atoms with Gasteiger partial charge in [0.2, 0.25) is 0 Å². The molecule has 0 fully saturated rings. The first-order valence-corrected chi connectivity index (χ1v) is 7.54. The molecule has 4 nitrogen and oxygen atoms in total. The largest absolute Gasteiger partial charge is 0.359 e. The van der Waals surface area contributed by atoms with E-state index in [-0.39, 0.29) is 12.3 Å². The fraction of sp³-hybridized carbons (Fsp3) is 0.111. The summed E-state index contributed by atoms with van der Waals surface area (Å²) >= 11 is 5.89. The van der Waals surface area contributed by atoms with E-state index < -0.39 is 0 Å². The maximum absolute atomic E-state index is 12.9. The smallest absolute Gasteiger partial charge is 0.193 e. The first-order chi connectivity index (χ1) is 11.1. The molecular formula is C18H15ClN2O2. The Morgan fingerprint density at radius 3 is 2.57 bits per heavy atom. The minimum absolute atomic E-state index is 0.0826. The fourth-order valence-corrected chi connectivity index (χ4v) is 2.68. The van der Waals surface area contributed by atoms with Gasteiger partial charge in [0.05, 0.1) is 12.2 Å². The van der Waals surface area contributed by atoms with Gasteiger partial charge < -0.3 is 10.3 Å². The Bertz CT molecular complexity index is 854. The zero-order chi connectivity index (χ0) is 16.4. The van der Waals surface area contributed by atoms with Crippen LogP contribution in [-0.4, -0.2) is 10.9 Å². The lowest BCUT2D eigenvalue weighted by Crippen LogP contribution is -2.05. The van der Waals surface area contributed by atoms with Gasteiger partial charge in [-0.25, -0.2) is 0 Å². The summed E-state index contributed by atoms with van der Waals surface area (Å²) in [5.41, 5.74) is 9.14. The molecule has 0 saturated heterocycles. The van der Waals surface area contributed by atoms with E-state index in [1.807, 2.05) is 25.1 Å². The Morgan fingerprint density at radius 1 is 1.17 bits per heavy atom. The highest BCUT2D eigenvalue weighted by Crippen LogP contribution is 2.31. The molecule has 0 spiro atoms. The molecule has 0 atom stereocenters. The molecule has 2 aromatic carbocycles. The molecular weight excluding hydrogens is 312 g/mol. The summed E-state index contributed by atoms with van der Waals surface area (Å²) in [5.74, 6) is 0.486. The Labute approximate surface area is 138 Å². The number of rotatable bonds is 4. The predicted molar refractivity (Wildman–Crippen MR) is 89.5 cm³/mol. The molecule has 23 heavy (non-hydrogen) atoms. The number of hydrogen-bond donors (Lipinski definition) is 1. The average Bonchev–Trinajstić information content (AvgIpc) is 2.95. The summed E-state index contributed by atoms with van der Waals surface area (Å²) in [6, 6.07) is 14.2. The highest BCUT2D eigenvalue weighted by molar-refractivity contribution is 6.30. The van der Waals surface area contributed by atoms with Crippen LogP contribution in [0.25, 0.3) is 11.1 Å². The summed E-state index contributed by atoms with van der Waals surface area (Å²) in [4.78, 5) is 12.9. The van der Waals surface area contributed by atoms with Crippen molar-refractivity contribution >= 4 is 17.4 Å². The quantitative estimate of drug-likeness (QED) is 0.736. The summed E-state index contributed by atoms with van der Waals surface area (Å²) in [6.45, 7) is 2.06. The minimum Gasteiger partial charge on any atom is -0.359 e. The second-order valence-electron chi connectivity index (χ2n) is 5.15. The number of nitrogens with zero attached hydrogens (tertiary/aromatic N) is 1. The summed E-state index contributed by atoms with van der Waals surface area (Å²) < 4.78 is 5.25. The summed E-state index contributed by atoms with van der Waals surface area (Å²) in [6.07, 6.45) is 0. The molecule has 0 bridgehead atoms. The zero-order valence-corrected chi connectivity index (χ0v) is 13.3. The average molecular weight is 327 g/mol. The van der Waals surface area contributed by atoms with E-state index in [0.717, 1.165) is 11.1 Å². The molecule has 0 radical (unpaired) electrons. The Balaban J connectivity index is 2.13. The fourth-order valence-electron chi connectivity index (χ4n) is 2.56. The first-order valence-electron chi connectivity index (χ1n) is 7.16. The monoisotopic (exact) mass is 326 g/mol. The lowest BCUT2D eigenvalue weighted by Gasteiger charge is -2.09. The highest BCUT2D eigenvalue weighted by atomic mass is 35.5. The number of carbonyl (C=O) groups excluding carboxylic acids is 1. The van der Waals surface area contributed by atoms with Gasteiger partial charge in [-0.15, -0.1) is 0 Å². The zero-order valence-electron chi connectivity index (χ0n) is 12.5. The molecule has 116 valence electrons. The Morgan fingerprint density at radius 2 is 1.87 bits per heavy atom. The lowest BCUT2D eigenvalue weighted by molar-refractivity contribution is 0.103. The maximum Gasteiger partial charge on any atom is 0.193 e. The normalized spacial score (nSPS) is 10.7. The van der Waals surface area contributed by atoms with Crippen LogP contribution in [0, 0.1) is 6.92 Å². The van der Waals surface area contributed by atoms with Crippen LogP contribution in [0.5, 0.6) is 0 Å². The number of benzene rings is 2. The number of ketones is 1. The second-order valence-corrected chi connectivity index (χ2v) is 5.59. The van der Waals surface area contributed by atoms with E-state index >= 15 is 0 Å². The third kappa shape index (κ3) is 2.91. The Kier molecular flexibility index (Phi) is 4.28. The van der Waals surface area contributed by atoms with Crippen LogP contribution in [-0.2, 0) is 6.54 Å². The van der Waals surface area contributed by atoms with Gasteiger partial charge in [-0.2, -0.15) is 0 Å². The summed E-state index contributed by atoms with van der Waals surface area (Å²) in [7, 11) is 0. The SMILES string of the molecule is Cc1noc(CN)c1-c1ccccc1C(=O)c1ccc(Cl)cc1. The molecule has 0 unspecified atom stereocenters. The van der Waals surface area contributed by atoms with Crippen molar-refractivity contribution < 1.29 is 9.32 Å². The molecule has 0 aliphatic carbocycles. The predicted octanol–water partition coefficient (Wildman–Crippen LogP) is 3.99. The maximum atomic E-state index is 12.9. The molecule has 5 heteroatoms. The molecule has 0 aliphatic rings. The number of aryl methyl sites for hydroxylation is 1. The van der Waals surface area contributed by atoms with Gasteiger partial charge in [0, 0.05) is 21.7 Å². The van der Waals surface area contributed by atoms with Crippen LogP contribution in [0.15, 0.2) is 53.1 Å². The molecule has 2 N–H and O–H groups in total. The van der Waals surface area contributed by atoms with Gasteiger partial charge in [-0.1, -0.05) is 41.0 Å². The first kappa shape index (κ1) is 15.5. The molecule has 3 rings (SSSR count). The van der Waals surface area contributed by atoms with Crippen molar-refractivity contribution in [1.82, 2.24) is 5.16 Å². The van der Waals surface area contributed by atoms with Crippen molar-refractivity contribution in [1.29, 1.82) is 0 Å². The standard InChI is InChI=1S/C18H15ClN2O2/c1-11-17(16(10-20)23-21-11)14-4-2-3-5-15(14)18(22)12-6-8-13(19)9-7-12/h2-9H,10,20H2,1H3. The number of hydrogen-bond acceptors (Lipinski definition) is 4. The molecule has 1 aromatic heterocycles. The van der Waals surface area contributed by atoms with E-state index in [4.69, 9.17) is 21.9 Å². The number of carbonyl (C=O) groups is 1. The summed E-state index contributed by atoms with van der Waals surface area (Å²) in [5, 5.41) is 4.56. The number of aromatic nitrogens is 1. The van der Waals surface area contributed by atoms with Crippen molar-refractivity contribution in [3.63, 3.8) is 0 Å². The third-order valence-corrected chi connectivity index (χ3v) is 3.92. The van der Waals surface area contributed by atoms with Gasteiger partial charge in [-0.05, 0) is 36.8 Å². The highest BCUT2D eigenvalue weighted by Gasteiger charge is 2.20. The van der Waals surface area contributed by atoms with Crippen LogP contribution < -0.4 is 5.73 Å². The van der Waals surface area contributed by atoms with E-state index in [1.54, 1.807) is 30.3 Å². The molecule has 1 heterocycles. The van der Waals surface area contributed by atoms with E-state index in [1.165, 1.54) is 0 Å². The van der Waals surface area contributed by atoms with Gasteiger partial charge in [0.15, 0.2) is 11.5 Å². The van der Waals surface area contributed by atoms with Crippen molar-refractivity contribution in [2.24, 2.45) is 5.73 Å². The van der Waals surface area contributed by atoms with Gasteiger partial charge in [0.1, 0.15) is 0 Å². The van der Waals surface area contributed by atoms with E-state index in [0.29, 0.717) is 27.6 Å². The van der Waals surface area contributed by atoms with E-state index in [9.17, 15) is 4.79 Å². The van der Waals surface area contributed by atoms with Crippen molar-refractivity contribution in [2.45, 2.75) is 13.5 Å². The van der Waals surface area contributed by atoms with Crippen molar-refractivity contribution in [2.75, 3.05) is 0 Å². The number of nitrogens with two attached hydrogens (primary N) is 1. The number of halogens is 1. The van der Waals surface area contributed by atoms with Crippen molar-refractivity contribution in [3.05, 3.63) is 76.1 Å². The van der Waals surface area contributed by atoms with Gasteiger partial charge >= 0.3 is 0 Å². The van der Waals surface area contributed by atoms with E-state index in [2.05, 4.69) is 5.16 Å². The third-order valence-electron chi connectivity index (χ3n) is 3.67. The minimum atomic E-state index is -0.0826. The van der Waals surface area contributed by atoms with Crippen molar-refractivity contribution in [3.8, 4) is 11.1 Å². The van der Waals surface area contributed by atoms with Gasteiger partial charge in [-0.3, -0.25) is 4.79 Å². The Hall–Kier alpha value is -2.43. The molecule has 3 aromatic rings.